The Morgan fingerprint density at radius 2 is 1.65 bits per heavy atom. The van der Waals surface area contributed by atoms with Gasteiger partial charge in [-0.3, -0.25) is 9.78 Å². The van der Waals surface area contributed by atoms with Gasteiger partial charge in [-0.2, -0.15) is 0 Å². The van der Waals surface area contributed by atoms with Crippen LogP contribution in [-0.4, -0.2) is 35.0 Å². The van der Waals surface area contributed by atoms with Gasteiger partial charge in [-0.25, -0.2) is 0 Å². The molecule has 1 aliphatic heterocycles. The molecule has 0 spiro atoms. The maximum absolute atomic E-state index is 12.8. The number of rotatable bonds is 5. The summed E-state index contributed by atoms with van der Waals surface area (Å²) in [5.74, 6) is 1.93. The Balaban J connectivity index is 1.41. The Kier molecular flexibility index (Phi) is 4.51. The predicted octanol–water partition coefficient (Wildman–Crippen LogP) is 3.78. The Labute approximate surface area is 151 Å². The first-order chi connectivity index (χ1) is 12.8. The number of nitrogens with zero attached hydrogens (tertiary/aromatic N) is 2. The van der Waals surface area contributed by atoms with Gasteiger partial charge < -0.3 is 14.4 Å². The molecule has 1 amide bonds. The highest BCUT2D eigenvalue weighted by molar-refractivity contribution is 5.97. The van der Waals surface area contributed by atoms with Crippen LogP contribution in [0, 0.1) is 0 Å². The number of likely N-dealkylation sites (tertiary alicyclic amines) is 1. The molecule has 0 aliphatic carbocycles. The van der Waals surface area contributed by atoms with Crippen molar-refractivity contribution in [3.05, 3.63) is 84.7 Å². The Hall–Kier alpha value is -3.34. The normalized spacial score (nSPS) is 13.8. The molecule has 1 fully saturated rings. The van der Waals surface area contributed by atoms with Gasteiger partial charge in [0.25, 0.3) is 5.91 Å². The summed E-state index contributed by atoms with van der Waals surface area (Å²) in [6, 6.07) is 20.4. The molecule has 1 aliphatic rings. The molecule has 1 aromatic heterocycles. The minimum atomic E-state index is -0.0532. The summed E-state index contributed by atoms with van der Waals surface area (Å²) in [7, 11) is 0. The molecule has 5 heteroatoms. The van der Waals surface area contributed by atoms with Crippen LogP contribution in [-0.2, 0) is 0 Å². The van der Waals surface area contributed by atoms with Crippen LogP contribution in [0.4, 0.5) is 0 Å². The van der Waals surface area contributed by atoms with Gasteiger partial charge in [-0.15, -0.1) is 0 Å². The summed E-state index contributed by atoms with van der Waals surface area (Å²) >= 11 is 0. The van der Waals surface area contributed by atoms with Gasteiger partial charge in [0.15, 0.2) is 0 Å². The van der Waals surface area contributed by atoms with Crippen LogP contribution in [0.3, 0.4) is 0 Å². The van der Waals surface area contributed by atoms with E-state index in [0.717, 1.165) is 5.75 Å². The molecular formula is C21H18N2O3. The van der Waals surface area contributed by atoms with Gasteiger partial charge in [-0.1, -0.05) is 30.3 Å². The maximum Gasteiger partial charge on any atom is 0.257 e. The highest BCUT2D eigenvalue weighted by atomic mass is 16.5. The lowest BCUT2D eigenvalue weighted by molar-refractivity contribution is 0.0175. The molecule has 2 aromatic carbocycles. The number of amides is 1. The van der Waals surface area contributed by atoms with Crippen molar-refractivity contribution in [2.24, 2.45) is 0 Å². The van der Waals surface area contributed by atoms with Crippen LogP contribution >= 0.6 is 0 Å². The monoisotopic (exact) mass is 346 g/mol. The van der Waals surface area contributed by atoms with Crippen molar-refractivity contribution in [2.45, 2.75) is 6.10 Å². The zero-order valence-electron chi connectivity index (χ0n) is 14.1. The van der Waals surface area contributed by atoms with Crippen LogP contribution in [0.15, 0.2) is 79.1 Å². The van der Waals surface area contributed by atoms with Gasteiger partial charge in [0.05, 0.1) is 24.8 Å². The summed E-state index contributed by atoms with van der Waals surface area (Å²) in [5.41, 5.74) is 0.552. The van der Waals surface area contributed by atoms with Gasteiger partial charge in [0.1, 0.15) is 23.4 Å². The number of hydrogen-bond acceptors (Lipinski definition) is 4. The fraction of sp³-hybridized carbons (Fsp3) is 0.143. The molecule has 0 bridgehead atoms. The maximum atomic E-state index is 12.8. The van der Waals surface area contributed by atoms with Crippen LogP contribution in [0.5, 0.6) is 17.2 Å². The van der Waals surface area contributed by atoms with Crippen molar-refractivity contribution in [1.29, 1.82) is 0 Å². The molecule has 3 aromatic rings. The SMILES string of the molecule is O=C(c1ccccc1Oc1ccccc1)N1CC(Oc2cccnc2)C1. The Bertz CT molecular complexity index is 878. The van der Waals surface area contributed by atoms with Crippen molar-refractivity contribution in [1.82, 2.24) is 9.88 Å². The van der Waals surface area contributed by atoms with Crippen molar-refractivity contribution >= 4 is 5.91 Å². The lowest BCUT2D eigenvalue weighted by Gasteiger charge is -2.39. The number of carbonyl (C=O) groups is 1. The second kappa shape index (κ2) is 7.27. The first-order valence-electron chi connectivity index (χ1n) is 8.47. The number of para-hydroxylation sites is 2. The van der Waals surface area contributed by atoms with E-state index in [2.05, 4.69) is 4.98 Å². The van der Waals surface area contributed by atoms with Crippen molar-refractivity contribution in [3.63, 3.8) is 0 Å². The highest BCUT2D eigenvalue weighted by Gasteiger charge is 2.34. The van der Waals surface area contributed by atoms with Gasteiger partial charge in [0.2, 0.25) is 0 Å². The number of hydrogen-bond donors (Lipinski definition) is 0. The fourth-order valence-corrected chi connectivity index (χ4v) is 2.81. The quantitative estimate of drug-likeness (QED) is 0.705. The molecule has 0 saturated carbocycles. The van der Waals surface area contributed by atoms with E-state index in [1.165, 1.54) is 0 Å². The lowest BCUT2D eigenvalue weighted by atomic mass is 10.1. The largest absolute Gasteiger partial charge is 0.485 e. The van der Waals surface area contributed by atoms with E-state index in [1.807, 2.05) is 60.7 Å². The summed E-state index contributed by atoms with van der Waals surface area (Å²) in [4.78, 5) is 18.6. The average Bonchev–Trinajstić information content (AvgIpc) is 2.66. The fourth-order valence-electron chi connectivity index (χ4n) is 2.81. The topological polar surface area (TPSA) is 51.7 Å². The van der Waals surface area contributed by atoms with Crippen molar-refractivity contribution in [3.8, 4) is 17.2 Å². The number of ether oxygens (including phenoxy) is 2. The molecule has 0 radical (unpaired) electrons. The van der Waals surface area contributed by atoms with E-state index in [-0.39, 0.29) is 12.0 Å². The Morgan fingerprint density at radius 1 is 0.923 bits per heavy atom. The molecule has 1 saturated heterocycles. The first kappa shape index (κ1) is 16.1. The zero-order chi connectivity index (χ0) is 17.8. The lowest BCUT2D eigenvalue weighted by Crippen LogP contribution is -2.56. The number of carbonyl (C=O) groups excluding carboxylic acids is 1. The summed E-state index contributed by atoms with van der Waals surface area (Å²) in [6.45, 7) is 1.10. The predicted molar refractivity (Wildman–Crippen MR) is 97.5 cm³/mol. The number of benzene rings is 2. The molecule has 4 rings (SSSR count). The van der Waals surface area contributed by atoms with Crippen molar-refractivity contribution < 1.29 is 14.3 Å². The zero-order valence-corrected chi connectivity index (χ0v) is 14.1. The molecule has 130 valence electrons. The Morgan fingerprint density at radius 3 is 2.42 bits per heavy atom. The van der Waals surface area contributed by atoms with Crippen LogP contribution in [0.1, 0.15) is 10.4 Å². The van der Waals surface area contributed by atoms with E-state index in [4.69, 9.17) is 9.47 Å². The molecule has 2 heterocycles. The average molecular weight is 346 g/mol. The van der Waals surface area contributed by atoms with Crippen LogP contribution in [0.25, 0.3) is 0 Å². The van der Waals surface area contributed by atoms with E-state index < -0.39 is 0 Å². The first-order valence-corrected chi connectivity index (χ1v) is 8.47. The van der Waals surface area contributed by atoms with E-state index in [1.54, 1.807) is 23.4 Å². The van der Waals surface area contributed by atoms with E-state index in [9.17, 15) is 4.79 Å². The summed E-state index contributed by atoms with van der Waals surface area (Å²) in [6.07, 6.45) is 3.37. The standard InChI is InChI=1S/C21H18N2O3/c24-21(23-14-18(15-23)25-17-9-6-12-22-13-17)19-10-4-5-11-20(19)26-16-7-2-1-3-8-16/h1-13,18H,14-15H2. The minimum Gasteiger partial charge on any atom is -0.485 e. The third kappa shape index (κ3) is 3.52. The second-order valence-electron chi connectivity index (χ2n) is 6.05. The third-order valence-corrected chi connectivity index (χ3v) is 4.16. The molecular weight excluding hydrogens is 328 g/mol. The second-order valence-corrected chi connectivity index (χ2v) is 6.05. The summed E-state index contributed by atoms with van der Waals surface area (Å²) < 4.78 is 11.7. The number of pyridine rings is 1. The van der Waals surface area contributed by atoms with Crippen LogP contribution in [0.2, 0.25) is 0 Å². The number of aromatic nitrogens is 1. The third-order valence-electron chi connectivity index (χ3n) is 4.16. The molecule has 26 heavy (non-hydrogen) atoms. The van der Waals surface area contributed by atoms with E-state index in [0.29, 0.717) is 30.2 Å². The smallest absolute Gasteiger partial charge is 0.257 e. The van der Waals surface area contributed by atoms with Gasteiger partial charge >= 0.3 is 0 Å². The van der Waals surface area contributed by atoms with E-state index >= 15 is 0 Å². The molecule has 0 unspecified atom stereocenters. The molecule has 5 nitrogen and oxygen atoms in total. The molecule has 0 atom stereocenters. The minimum absolute atomic E-state index is 0.00893. The van der Waals surface area contributed by atoms with Gasteiger partial charge in [0, 0.05) is 6.20 Å². The van der Waals surface area contributed by atoms with Gasteiger partial charge in [-0.05, 0) is 36.4 Å². The summed E-state index contributed by atoms with van der Waals surface area (Å²) in [5, 5.41) is 0. The molecule has 0 N–H and O–H groups in total. The highest BCUT2D eigenvalue weighted by Crippen LogP contribution is 2.28. The van der Waals surface area contributed by atoms with Crippen LogP contribution < -0.4 is 9.47 Å². The van der Waals surface area contributed by atoms with Crippen molar-refractivity contribution in [2.75, 3.05) is 13.1 Å².